The number of rotatable bonds is 0. The van der Waals surface area contributed by atoms with E-state index < -0.39 is 0 Å². The van der Waals surface area contributed by atoms with E-state index in [1.54, 1.807) is 0 Å². The summed E-state index contributed by atoms with van der Waals surface area (Å²) in [6, 6.07) is 0. The molecule has 0 aliphatic rings. The number of aromatic nitrogens is 4. The number of nitrogens with zero attached hydrogens (tertiary/aromatic N) is 3. The average Bonchev–Trinajstić information content (AvgIpc) is 1.86. The number of aromatic amines is 1. The van der Waals surface area contributed by atoms with E-state index in [2.05, 4.69) is 37.5 Å². The molecule has 4 nitrogen and oxygen atoms in total. The second-order valence-electron chi connectivity index (χ2n) is 0.712. The van der Waals surface area contributed by atoms with Crippen molar-refractivity contribution in [1.29, 1.82) is 0 Å². The molecule has 1 aromatic heterocycles. The van der Waals surface area contributed by atoms with Crippen molar-refractivity contribution in [3.05, 3.63) is 0 Å². The van der Waals surface area contributed by atoms with Crippen molar-refractivity contribution < 1.29 is 0 Å². The molecule has 5 heteroatoms. The third-order valence-electron chi connectivity index (χ3n) is 0.334. The van der Waals surface area contributed by atoms with Gasteiger partial charge in [0.1, 0.15) is 0 Å². The minimum atomic E-state index is 0.613. The molecule has 1 N–H and O–H groups in total. The molecule has 1 heterocycles. The van der Waals surface area contributed by atoms with Crippen molar-refractivity contribution in [3.8, 4) is 0 Å². The van der Waals surface area contributed by atoms with E-state index in [0.717, 1.165) is 0 Å². The van der Waals surface area contributed by atoms with Crippen molar-refractivity contribution in [2.24, 2.45) is 0 Å². The molecule has 0 spiro atoms. The summed E-state index contributed by atoms with van der Waals surface area (Å²) in [7, 11) is 0. The fourth-order valence-corrected chi connectivity index (χ4v) is 0.344. The van der Waals surface area contributed by atoms with E-state index in [0.29, 0.717) is 4.61 Å². The van der Waals surface area contributed by atoms with E-state index in [-0.39, 0.29) is 0 Å². The van der Waals surface area contributed by atoms with Crippen LogP contribution in [0.3, 0.4) is 0 Å². The summed E-state index contributed by atoms with van der Waals surface area (Å²) in [6.07, 6.45) is 0. The van der Waals surface area contributed by atoms with Crippen LogP contribution >= 0.6 is 0 Å². The molecule has 0 aliphatic carbocycles. The van der Waals surface area contributed by atoms with Gasteiger partial charge in [-0.1, -0.05) is 0 Å². The van der Waals surface area contributed by atoms with Crippen LogP contribution in [0, 0.1) is 0 Å². The van der Waals surface area contributed by atoms with Crippen LogP contribution in [0.5, 0.6) is 0 Å². The second kappa shape index (κ2) is 1.39. The minimum absolute atomic E-state index is 0.613. The van der Waals surface area contributed by atoms with Gasteiger partial charge in [-0.15, -0.1) is 0 Å². The molecule has 0 aromatic carbocycles. The SMILES string of the molecule is [As]c1nn[nH]n1. The maximum absolute atomic E-state index is 3.54. The Bertz CT molecular complexity index is 111. The first kappa shape index (κ1) is 3.81. The summed E-state index contributed by atoms with van der Waals surface area (Å²) in [5.74, 6) is 0. The molecule has 0 aliphatic heterocycles. The van der Waals surface area contributed by atoms with Gasteiger partial charge >= 0.3 is 42.1 Å². The zero-order chi connectivity index (χ0) is 4.41. The maximum atomic E-state index is 3.54. The van der Waals surface area contributed by atoms with Crippen molar-refractivity contribution >= 4 is 21.5 Å². The first-order valence-corrected chi connectivity index (χ1v) is 2.26. The van der Waals surface area contributed by atoms with Crippen molar-refractivity contribution in [3.63, 3.8) is 0 Å². The van der Waals surface area contributed by atoms with E-state index >= 15 is 0 Å². The standard InChI is InChI=1S/CHAsN4/c2-1-3-5-6-4-1/h(H,3,4,5,6). The van der Waals surface area contributed by atoms with E-state index in [1.165, 1.54) is 0 Å². The van der Waals surface area contributed by atoms with E-state index in [4.69, 9.17) is 0 Å². The summed E-state index contributed by atoms with van der Waals surface area (Å²) < 4.78 is 0.613. The van der Waals surface area contributed by atoms with E-state index in [9.17, 15) is 0 Å². The quantitative estimate of drug-likeness (QED) is 0.428. The summed E-state index contributed by atoms with van der Waals surface area (Å²) in [5.41, 5.74) is 0. The Morgan fingerprint density at radius 1 is 1.67 bits per heavy atom. The topological polar surface area (TPSA) is 54.5 Å². The molecular formula is CHAsN4. The Kier molecular flexibility index (Phi) is 0.880. The van der Waals surface area contributed by atoms with Crippen LogP contribution in [0.15, 0.2) is 0 Å². The first-order valence-electron chi connectivity index (χ1n) is 1.32. The normalized spacial score (nSPS) is 8.83. The van der Waals surface area contributed by atoms with Crippen LogP contribution < -0.4 is 4.61 Å². The Labute approximate surface area is 42.8 Å². The van der Waals surface area contributed by atoms with Crippen LogP contribution in [0.1, 0.15) is 0 Å². The Balaban J connectivity index is 3.05. The van der Waals surface area contributed by atoms with Gasteiger partial charge in [0.2, 0.25) is 0 Å². The first-order chi connectivity index (χ1) is 2.89. The van der Waals surface area contributed by atoms with Gasteiger partial charge in [-0.05, 0) is 0 Å². The number of H-pyrrole nitrogens is 1. The molecule has 0 saturated heterocycles. The van der Waals surface area contributed by atoms with Gasteiger partial charge in [0.25, 0.3) is 0 Å². The number of tetrazole rings is 1. The molecule has 30 valence electrons. The third-order valence-corrected chi connectivity index (χ3v) is 0.732. The molecular weight excluding hydrogens is 143 g/mol. The van der Waals surface area contributed by atoms with Gasteiger partial charge in [-0.3, -0.25) is 0 Å². The van der Waals surface area contributed by atoms with Gasteiger partial charge < -0.3 is 0 Å². The third kappa shape index (κ3) is 0.571. The second-order valence-corrected chi connectivity index (χ2v) is 1.55. The number of hydrogen-bond donors (Lipinski definition) is 1. The Morgan fingerprint density at radius 2 is 2.50 bits per heavy atom. The van der Waals surface area contributed by atoms with Crippen molar-refractivity contribution in [1.82, 2.24) is 20.6 Å². The number of nitrogens with one attached hydrogen (secondary N) is 1. The van der Waals surface area contributed by atoms with Gasteiger partial charge in [-0.2, -0.15) is 0 Å². The molecule has 1 rings (SSSR count). The molecule has 0 bridgehead atoms. The fourth-order valence-electron chi connectivity index (χ4n) is 0.157. The summed E-state index contributed by atoms with van der Waals surface area (Å²) in [5, 5.41) is 12.6. The van der Waals surface area contributed by atoms with Crippen molar-refractivity contribution in [2.75, 3.05) is 0 Å². The summed E-state index contributed by atoms with van der Waals surface area (Å²) in [4.78, 5) is 0. The summed E-state index contributed by atoms with van der Waals surface area (Å²) >= 11 is 2.17. The van der Waals surface area contributed by atoms with Crippen LogP contribution in [0.2, 0.25) is 0 Å². The van der Waals surface area contributed by atoms with Crippen molar-refractivity contribution in [2.45, 2.75) is 0 Å². The zero-order valence-electron chi connectivity index (χ0n) is 2.79. The van der Waals surface area contributed by atoms with Crippen LogP contribution in [0.4, 0.5) is 0 Å². The molecule has 0 saturated carbocycles. The Hall–Kier alpha value is -0.372. The molecule has 2 radical (unpaired) electrons. The van der Waals surface area contributed by atoms with Gasteiger partial charge in [0, 0.05) is 0 Å². The zero-order valence-corrected chi connectivity index (χ0v) is 4.67. The molecule has 1 aromatic rings. The van der Waals surface area contributed by atoms with E-state index in [1.807, 2.05) is 0 Å². The predicted molar refractivity (Wildman–Crippen MR) is 19.6 cm³/mol. The van der Waals surface area contributed by atoms with Gasteiger partial charge in [0.05, 0.1) is 0 Å². The predicted octanol–water partition coefficient (Wildman–Crippen LogP) is -2.01. The van der Waals surface area contributed by atoms with Crippen LogP contribution in [-0.2, 0) is 0 Å². The Morgan fingerprint density at radius 3 is 2.67 bits per heavy atom. The van der Waals surface area contributed by atoms with Gasteiger partial charge in [0.15, 0.2) is 0 Å². The fraction of sp³-hybridized carbons (Fsp3) is 0. The number of hydrogen-bond acceptors (Lipinski definition) is 3. The molecule has 0 unspecified atom stereocenters. The van der Waals surface area contributed by atoms with Crippen LogP contribution in [-0.4, -0.2) is 37.5 Å². The van der Waals surface area contributed by atoms with Crippen LogP contribution in [0.25, 0.3) is 0 Å². The van der Waals surface area contributed by atoms with Gasteiger partial charge in [-0.25, -0.2) is 0 Å². The molecule has 0 amide bonds. The molecule has 0 fully saturated rings. The molecule has 6 heavy (non-hydrogen) atoms. The molecule has 0 atom stereocenters. The average molecular weight is 144 g/mol. The summed E-state index contributed by atoms with van der Waals surface area (Å²) in [6.45, 7) is 0. The monoisotopic (exact) mass is 144 g/mol.